The molecule has 3 N–H and O–H groups in total. The Kier molecular flexibility index (Phi) is 5.85. The van der Waals surface area contributed by atoms with Gasteiger partial charge < -0.3 is 15.8 Å². The van der Waals surface area contributed by atoms with Gasteiger partial charge in [-0.15, -0.1) is 0 Å². The Morgan fingerprint density at radius 3 is 2.62 bits per heavy atom. The van der Waals surface area contributed by atoms with E-state index in [4.69, 9.17) is 22.7 Å². The lowest BCUT2D eigenvalue weighted by Crippen LogP contribution is -2.27. The lowest BCUT2D eigenvalue weighted by atomic mass is 9.83. The van der Waals surface area contributed by atoms with Gasteiger partial charge in [0, 0.05) is 23.4 Å². The molecule has 116 valence electrons. The molecule has 2 rings (SSSR count). The van der Waals surface area contributed by atoms with Crippen molar-refractivity contribution in [3.05, 3.63) is 23.8 Å². The van der Waals surface area contributed by atoms with Crippen LogP contribution in [0, 0.1) is 5.92 Å². The summed E-state index contributed by atoms with van der Waals surface area (Å²) in [4.78, 5) is 0.430. The SMILES string of the molecule is CCCC1CCC(Nc2cc(OC)ccc2C(N)=S)CC1. The minimum absolute atomic E-state index is 0.430. The number of methoxy groups -OCH3 is 1. The molecule has 0 atom stereocenters. The van der Waals surface area contributed by atoms with Crippen molar-refractivity contribution in [1.82, 2.24) is 0 Å². The van der Waals surface area contributed by atoms with E-state index in [9.17, 15) is 0 Å². The Bertz CT molecular complexity index is 482. The first-order valence-corrected chi connectivity index (χ1v) is 8.29. The molecule has 0 radical (unpaired) electrons. The number of thiocarbonyl (C=S) groups is 1. The molecule has 0 aromatic heterocycles. The van der Waals surface area contributed by atoms with Gasteiger partial charge in [0.15, 0.2) is 0 Å². The van der Waals surface area contributed by atoms with Crippen LogP contribution in [0.1, 0.15) is 51.0 Å². The van der Waals surface area contributed by atoms with Crippen molar-refractivity contribution in [1.29, 1.82) is 0 Å². The molecule has 4 heteroatoms. The summed E-state index contributed by atoms with van der Waals surface area (Å²) in [6, 6.07) is 6.34. The molecule has 1 fully saturated rings. The molecule has 0 spiro atoms. The van der Waals surface area contributed by atoms with Gasteiger partial charge in [-0.05, 0) is 43.7 Å². The van der Waals surface area contributed by atoms with E-state index in [0.717, 1.165) is 22.9 Å². The first-order chi connectivity index (χ1) is 10.1. The van der Waals surface area contributed by atoms with Crippen molar-refractivity contribution in [2.45, 2.75) is 51.5 Å². The highest BCUT2D eigenvalue weighted by molar-refractivity contribution is 7.80. The highest BCUT2D eigenvalue weighted by atomic mass is 32.1. The molecule has 21 heavy (non-hydrogen) atoms. The molecule has 3 nitrogen and oxygen atoms in total. The molecule has 0 aliphatic heterocycles. The second kappa shape index (κ2) is 7.64. The summed E-state index contributed by atoms with van der Waals surface area (Å²) in [5, 5.41) is 3.62. The number of hydrogen-bond donors (Lipinski definition) is 2. The Balaban J connectivity index is 2.03. The zero-order valence-corrected chi connectivity index (χ0v) is 13.8. The van der Waals surface area contributed by atoms with Crippen molar-refractivity contribution in [3.63, 3.8) is 0 Å². The summed E-state index contributed by atoms with van der Waals surface area (Å²) in [5.41, 5.74) is 7.73. The molecule has 1 aliphatic rings. The van der Waals surface area contributed by atoms with Gasteiger partial charge in [0.05, 0.1) is 7.11 Å². The fourth-order valence-corrected chi connectivity index (χ4v) is 3.39. The number of nitrogens with one attached hydrogen (secondary N) is 1. The summed E-state index contributed by atoms with van der Waals surface area (Å²) in [6.07, 6.45) is 7.74. The largest absolute Gasteiger partial charge is 0.497 e. The van der Waals surface area contributed by atoms with Crippen LogP contribution in [0.3, 0.4) is 0 Å². The highest BCUT2D eigenvalue weighted by Crippen LogP contribution is 2.31. The molecule has 0 unspecified atom stereocenters. The summed E-state index contributed by atoms with van der Waals surface area (Å²) >= 11 is 5.15. The average Bonchev–Trinajstić information content (AvgIpc) is 2.49. The summed E-state index contributed by atoms with van der Waals surface area (Å²) < 4.78 is 5.30. The third-order valence-corrected chi connectivity index (χ3v) is 4.62. The lowest BCUT2D eigenvalue weighted by molar-refractivity contribution is 0.319. The number of hydrogen-bond acceptors (Lipinski definition) is 3. The van der Waals surface area contributed by atoms with Crippen molar-refractivity contribution in [3.8, 4) is 5.75 Å². The molecule has 1 aliphatic carbocycles. The van der Waals surface area contributed by atoms with Crippen LogP contribution in [0.15, 0.2) is 18.2 Å². The maximum atomic E-state index is 5.82. The van der Waals surface area contributed by atoms with Crippen LogP contribution >= 0.6 is 12.2 Å². The number of anilines is 1. The molecule has 0 bridgehead atoms. The van der Waals surface area contributed by atoms with Gasteiger partial charge in [-0.25, -0.2) is 0 Å². The van der Waals surface area contributed by atoms with Crippen LogP contribution in [0.25, 0.3) is 0 Å². The van der Waals surface area contributed by atoms with E-state index in [-0.39, 0.29) is 0 Å². The number of ether oxygens (including phenoxy) is 1. The van der Waals surface area contributed by atoms with E-state index in [2.05, 4.69) is 12.2 Å². The smallest absolute Gasteiger partial charge is 0.120 e. The highest BCUT2D eigenvalue weighted by Gasteiger charge is 2.21. The predicted octanol–water partition coefficient (Wildman–Crippen LogP) is 4.10. The van der Waals surface area contributed by atoms with E-state index in [1.54, 1.807) is 7.11 Å². The fraction of sp³-hybridized carbons (Fsp3) is 0.588. The molecule has 0 heterocycles. The van der Waals surface area contributed by atoms with Crippen molar-refractivity contribution in [2.75, 3.05) is 12.4 Å². The van der Waals surface area contributed by atoms with Gasteiger partial charge in [-0.2, -0.15) is 0 Å². The monoisotopic (exact) mass is 306 g/mol. The Morgan fingerprint density at radius 1 is 1.33 bits per heavy atom. The molecule has 0 amide bonds. The number of benzene rings is 1. The van der Waals surface area contributed by atoms with E-state index in [1.807, 2.05) is 18.2 Å². The van der Waals surface area contributed by atoms with Crippen molar-refractivity contribution < 1.29 is 4.74 Å². The Labute approximate surface area is 133 Å². The summed E-state index contributed by atoms with van der Waals surface area (Å²) in [7, 11) is 1.68. The maximum Gasteiger partial charge on any atom is 0.120 e. The van der Waals surface area contributed by atoms with Crippen molar-refractivity contribution in [2.24, 2.45) is 11.7 Å². The molecular weight excluding hydrogens is 280 g/mol. The van der Waals surface area contributed by atoms with Gasteiger partial charge in [0.25, 0.3) is 0 Å². The average molecular weight is 306 g/mol. The van der Waals surface area contributed by atoms with E-state index >= 15 is 0 Å². The fourth-order valence-electron chi connectivity index (χ4n) is 3.21. The van der Waals surface area contributed by atoms with Crippen LogP contribution in [0.4, 0.5) is 5.69 Å². The van der Waals surface area contributed by atoms with Gasteiger partial charge in [-0.1, -0.05) is 32.0 Å². The lowest BCUT2D eigenvalue weighted by Gasteiger charge is -2.30. The molecule has 0 saturated heterocycles. The van der Waals surface area contributed by atoms with E-state index < -0.39 is 0 Å². The number of rotatable bonds is 6. The first-order valence-electron chi connectivity index (χ1n) is 7.88. The van der Waals surface area contributed by atoms with Crippen LogP contribution in [-0.2, 0) is 0 Å². The van der Waals surface area contributed by atoms with Gasteiger partial charge in [0.1, 0.15) is 10.7 Å². The third kappa shape index (κ3) is 4.34. The Hall–Kier alpha value is -1.29. The quantitative estimate of drug-likeness (QED) is 0.777. The van der Waals surface area contributed by atoms with Crippen LogP contribution in [-0.4, -0.2) is 18.1 Å². The molecule has 1 aromatic rings. The zero-order valence-electron chi connectivity index (χ0n) is 13.0. The second-order valence-electron chi connectivity index (χ2n) is 5.93. The summed E-state index contributed by atoms with van der Waals surface area (Å²) in [6.45, 7) is 2.27. The van der Waals surface area contributed by atoms with Gasteiger partial charge in [-0.3, -0.25) is 0 Å². The van der Waals surface area contributed by atoms with Crippen LogP contribution in [0.2, 0.25) is 0 Å². The summed E-state index contributed by atoms with van der Waals surface area (Å²) in [5.74, 6) is 1.74. The standard InChI is InChI=1S/C17H26N2OS/c1-3-4-12-5-7-13(8-6-12)19-16-11-14(20-2)9-10-15(16)17(18)21/h9-13,19H,3-8H2,1-2H3,(H2,18,21). The normalized spacial score (nSPS) is 21.8. The first kappa shape index (κ1) is 16.1. The second-order valence-corrected chi connectivity index (χ2v) is 6.37. The number of nitrogens with two attached hydrogens (primary N) is 1. The maximum absolute atomic E-state index is 5.82. The topological polar surface area (TPSA) is 47.3 Å². The third-order valence-electron chi connectivity index (χ3n) is 4.40. The molecule has 1 saturated carbocycles. The molecule has 1 aromatic carbocycles. The van der Waals surface area contributed by atoms with Crippen molar-refractivity contribution >= 4 is 22.9 Å². The van der Waals surface area contributed by atoms with E-state index in [0.29, 0.717) is 11.0 Å². The predicted molar refractivity (Wildman–Crippen MR) is 93.2 cm³/mol. The Morgan fingerprint density at radius 2 is 2.05 bits per heavy atom. The van der Waals surface area contributed by atoms with Gasteiger partial charge >= 0.3 is 0 Å². The minimum atomic E-state index is 0.430. The van der Waals surface area contributed by atoms with Crippen LogP contribution < -0.4 is 15.8 Å². The van der Waals surface area contributed by atoms with E-state index in [1.165, 1.54) is 38.5 Å². The zero-order chi connectivity index (χ0) is 15.2. The van der Waals surface area contributed by atoms with Crippen LogP contribution in [0.5, 0.6) is 5.75 Å². The molecular formula is C17H26N2OS. The minimum Gasteiger partial charge on any atom is -0.497 e. The van der Waals surface area contributed by atoms with Gasteiger partial charge in [0.2, 0.25) is 0 Å².